The van der Waals surface area contributed by atoms with Crippen LogP contribution in [0.5, 0.6) is 5.75 Å². The van der Waals surface area contributed by atoms with Gasteiger partial charge in [-0.3, -0.25) is 9.62 Å². The molecule has 2 unspecified atom stereocenters. The van der Waals surface area contributed by atoms with Gasteiger partial charge < -0.3 is 19.4 Å². The molecule has 0 aliphatic carbocycles. The molecular weight excluding hydrogens is 529 g/mol. The van der Waals surface area contributed by atoms with Gasteiger partial charge in [-0.2, -0.15) is 8.42 Å². The van der Waals surface area contributed by atoms with Crippen LogP contribution in [0.15, 0.2) is 45.6 Å². The fourth-order valence-corrected chi connectivity index (χ4v) is 5.59. The van der Waals surface area contributed by atoms with E-state index in [1.807, 2.05) is 0 Å². The molecule has 4 heterocycles. The highest BCUT2D eigenvalue weighted by Crippen LogP contribution is 2.30. The quantitative estimate of drug-likeness (QED) is 0.357. The van der Waals surface area contributed by atoms with Crippen molar-refractivity contribution in [3.8, 4) is 5.75 Å². The molecule has 3 saturated heterocycles. The zero-order chi connectivity index (χ0) is 27.9. The summed E-state index contributed by atoms with van der Waals surface area (Å²) < 4.78 is 54.5. The lowest BCUT2D eigenvalue weighted by molar-refractivity contribution is 0.0726. The normalized spacial score (nSPS) is 19.0. The summed E-state index contributed by atoms with van der Waals surface area (Å²) in [7, 11) is 0.390. The van der Waals surface area contributed by atoms with Crippen LogP contribution in [-0.4, -0.2) is 70.6 Å². The van der Waals surface area contributed by atoms with Gasteiger partial charge in [-0.25, -0.2) is 18.7 Å². The molecule has 3 aliphatic heterocycles. The molecule has 1 aromatic heterocycles. The first-order chi connectivity index (χ1) is 18.5. The van der Waals surface area contributed by atoms with E-state index >= 15 is 4.39 Å². The number of piperazine rings is 1. The minimum atomic E-state index is -3.94. The van der Waals surface area contributed by atoms with Gasteiger partial charge in [0.15, 0.2) is 5.82 Å². The first-order valence-electron chi connectivity index (χ1n) is 12.5. The van der Waals surface area contributed by atoms with Crippen LogP contribution < -0.4 is 25.1 Å². The van der Waals surface area contributed by atoms with Crippen LogP contribution in [0.4, 0.5) is 14.9 Å². The van der Waals surface area contributed by atoms with Crippen molar-refractivity contribution in [1.29, 1.82) is 0 Å². The van der Waals surface area contributed by atoms with Gasteiger partial charge in [-0.1, -0.05) is 12.1 Å². The van der Waals surface area contributed by atoms with Crippen LogP contribution in [0.1, 0.15) is 23.1 Å². The summed E-state index contributed by atoms with van der Waals surface area (Å²) in [4.78, 5) is 28.9. The molecule has 39 heavy (non-hydrogen) atoms. The van der Waals surface area contributed by atoms with Crippen molar-refractivity contribution in [1.82, 2.24) is 19.8 Å². The van der Waals surface area contributed by atoms with Crippen LogP contribution in [0.3, 0.4) is 0 Å². The Labute approximate surface area is 225 Å². The third kappa shape index (κ3) is 5.76. The highest BCUT2D eigenvalue weighted by Gasteiger charge is 2.36. The van der Waals surface area contributed by atoms with E-state index in [1.165, 1.54) is 36.2 Å². The third-order valence-corrected chi connectivity index (χ3v) is 8.03. The molecule has 6 rings (SSSR count). The molecule has 3 aliphatic rings. The van der Waals surface area contributed by atoms with Crippen LogP contribution in [-0.2, 0) is 23.2 Å². The number of nitrogens with zero attached hydrogens (tertiary/aromatic N) is 2. The number of halogens is 1. The Balaban J connectivity index is 1.55. The van der Waals surface area contributed by atoms with E-state index in [0.717, 1.165) is 19.5 Å². The first-order valence-corrected chi connectivity index (χ1v) is 14.0. The van der Waals surface area contributed by atoms with Crippen LogP contribution in [0.2, 0.25) is 0 Å². The highest BCUT2D eigenvalue weighted by atomic mass is 32.2. The zero-order valence-electron chi connectivity index (χ0n) is 21.8. The molecule has 11 nitrogen and oxygen atoms in total. The minimum absolute atomic E-state index is 0.106. The van der Waals surface area contributed by atoms with Gasteiger partial charge in [0.25, 0.3) is 10.2 Å². The van der Waals surface area contributed by atoms with E-state index in [2.05, 4.69) is 19.7 Å². The van der Waals surface area contributed by atoms with Crippen molar-refractivity contribution in [2.75, 3.05) is 39.0 Å². The summed E-state index contributed by atoms with van der Waals surface area (Å²) in [5.41, 5.74) is 0.476. The molecule has 13 heteroatoms. The summed E-state index contributed by atoms with van der Waals surface area (Å²) in [5, 5.41) is 4.13. The van der Waals surface area contributed by atoms with Crippen molar-refractivity contribution >= 4 is 33.0 Å². The summed E-state index contributed by atoms with van der Waals surface area (Å²) in [6.45, 7) is 2.06. The zero-order valence-corrected chi connectivity index (χ0v) is 22.6. The van der Waals surface area contributed by atoms with E-state index < -0.39 is 27.7 Å². The molecule has 3 aromatic rings. The van der Waals surface area contributed by atoms with E-state index in [4.69, 9.17) is 9.15 Å². The molecule has 3 fully saturated rings. The lowest BCUT2D eigenvalue weighted by Gasteiger charge is -2.48. The SMILES string of the molecule is CNS(=O)(=O)Nc1cccc(Cc2c(CN3CC4CC(C3)N4)c3ccc(OC(=O)N(C)C)cc3oc2=O)c1F. The maximum absolute atomic E-state index is 15.4. The third-order valence-electron chi connectivity index (χ3n) is 7.00. The van der Waals surface area contributed by atoms with Gasteiger partial charge in [-0.05, 0) is 35.7 Å². The first kappa shape index (κ1) is 27.1. The summed E-state index contributed by atoms with van der Waals surface area (Å²) in [5.74, 6) is -0.557. The summed E-state index contributed by atoms with van der Waals surface area (Å²) in [6, 6.07) is 9.96. The molecular formula is C26H30FN5O6S. The lowest BCUT2D eigenvalue weighted by atomic mass is 9.90. The number of hydrogen-bond donors (Lipinski definition) is 3. The summed E-state index contributed by atoms with van der Waals surface area (Å²) in [6.07, 6.45) is 0.436. The predicted octanol–water partition coefficient (Wildman–Crippen LogP) is 2.01. The predicted molar refractivity (Wildman–Crippen MR) is 144 cm³/mol. The second-order valence-electron chi connectivity index (χ2n) is 10.0. The number of piperidine rings is 1. The summed E-state index contributed by atoms with van der Waals surface area (Å²) >= 11 is 0. The van der Waals surface area contributed by atoms with Gasteiger partial charge >= 0.3 is 11.7 Å². The van der Waals surface area contributed by atoms with Gasteiger partial charge in [0, 0.05) is 76.3 Å². The topological polar surface area (TPSA) is 133 Å². The minimum Gasteiger partial charge on any atom is -0.422 e. The fourth-order valence-electron chi connectivity index (χ4n) is 5.04. The highest BCUT2D eigenvalue weighted by molar-refractivity contribution is 7.90. The van der Waals surface area contributed by atoms with E-state index in [9.17, 15) is 18.0 Å². The van der Waals surface area contributed by atoms with Crippen LogP contribution >= 0.6 is 0 Å². The Morgan fingerprint density at radius 3 is 2.59 bits per heavy atom. The van der Waals surface area contributed by atoms with Gasteiger partial charge in [0.2, 0.25) is 0 Å². The number of anilines is 1. The number of rotatable bonds is 8. The van der Waals surface area contributed by atoms with Crippen molar-refractivity contribution in [3.05, 3.63) is 69.3 Å². The van der Waals surface area contributed by atoms with Crippen molar-refractivity contribution in [2.45, 2.75) is 31.5 Å². The molecule has 2 aromatic carbocycles. The number of amides is 1. The number of benzene rings is 2. The van der Waals surface area contributed by atoms with Gasteiger partial charge in [0.05, 0.1) is 5.69 Å². The average molecular weight is 560 g/mol. The molecule has 0 spiro atoms. The Hall–Kier alpha value is -3.52. The van der Waals surface area contributed by atoms with Crippen molar-refractivity contribution in [3.63, 3.8) is 0 Å². The number of carbonyl (C=O) groups excluding carboxylic acids is 1. The Bertz CT molecular complexity index is 1580. The van der Waals surface area contributed by atoms with Gasteiger partial charge in [-0.15, -0.1) is 0 Å². The maximum atomic E-state index is 15.4. The van der Waals surface area contributed by atoms with Crippen molar-refractivity contribution < 1.29 is 26.8 Å². The Kier molecular flexibility index (Phi) is 7.33. The van der Waals surface area contributed by atoms with Crippen LogP contribution in [0, 0.1) is 5.82 Å². The smallest absolute Gasteiger partial charge is 0.414 e. The van der Waals surface area contributed by atoms with E-state index in [0.29, 0.717) is 29.6 Å². The monoisotopic (exact) mass is 559 g/mol. The fraction of sp³-hybridized carbons (Fsp3) is 0.385. The lowest BCUT2D eigenvalue weighted by Crippen LogP contribution is -2.66. The molecule has 3 N–H and O–H groups in total. The number of nitrogens with one attached hydrogen (secondary N) is 3. The number of carbonyl (C=O) groups is 1. The number of ether oxygens (including phenoxy) is 1. The second kappa shape index (κ2) is 10.6. The van der Waals surface area contributed by atoms with E-state index in [1.54, 1.807) is 26.2 Å². The average Bonchev–Trinajstić information content (AvgIpc) is 2.87. The van der Waals surface area contributed by atoms with Crippen LogP contribution in [0.25, 0.3) is 11.0 Å². The molecule has 2 bridgehead atoms. The molecule has 0 radical (unpaired) electrons. The molecule has 0 saturated carbocycles. The Morgan fingerprint density at radius 2 is 1.92 bits per heavy atom. The second-order valence-corrected chi connectivity index (χ2v) is 11.6. The molecule has 208 valence electrons. The molecule has 1 amide bonds. The van der Waals surface area contributed by atoms with Gasteiger partial charge in [0.1, 0.15) is 11.3 Å². The number of fused-ring (bicyclic) bond motifs is 3. The maximum Gasteiger partial charge on any atom is 0.414 e. The standard InChI is InChI=1S/C26H30FN5O6S/c1-28-39(35,36)30-22-6-4-5-15(24(22)27)9-20-21(14-32-12-16-10-17(13-32)29-16)19-8-7-18(37-26(34)31(2)3)11-23(19)38-25(20)33/h4-8,11,16-17,28-30H,9-10,12-14H2,1-3H3. The molecule has 2 atom stereocenters. The van der Waals surface area contributed by atoms with E-state index in [-0.39, 0.29) is 34.6 Å². The Morgan fingerprint density at radius 1 is 1.21 bits per heavy atom. The van der Waals surface area contributed by atoms with Crippen molar-refractivity contribution in [2.24, 2.45) is 0 Å². The largest absolute Gasteiger partial charge is 0.422 e. The number of hydrogen-bond acceptors (Lipinski definition) is 8.